The lowest BCUT2D eigenvalue weighted by atomic mass is 9.32. The predicted octanol–water partition coefficient (Wildman–Crippen LogP) is 12.7. The molecule has 68 heavy (non-hydrogen) atoms. The first-order valence-corrected chi connectivity index (χ1v) is 26.7. The van der Waals surface area contributed by atoms with Gasteiger partial charge < -0.3 is 24.1 Å². The van der Waals surface area contributed by atoms with Gasteiger partial charge in [-0.25, -0.2) is 0 Å². The molecule has 1 aromatic rings. The second kappa shape index (κ2) is 13.8. The van der Waals surface area contributed by atoms with E-state index in [2.05, 4.69) is 100 Å². The summed E-state index contributed by atoms with van der Waals surface area (Å²) >= 11 is 0. The number of ketones is 1. The van der Waals surface area contributed by atoms with Gasteiger partial charge in [0.1, 0.15) is 0 Å². The van der Waals surface area contributed by atoms with Gasteiger partial charge in [-0.05, 0) is 214 Å². The Morgan fingerprint density at radius 2 is 1.13 bits per heavy atom. The molecule has 0 saturated heterocycles. The van der Waals surface area contributed by atoms with E-state index in [9.17, 15) is 19.5 Å². The van der Waals surface area contributed by atoms with Gasteiger partial charge in [-0.15, -0.1) is 0 Å². The Bertz CT molecular complexity index is 2550. The van der Waals surface area contributed by atoms with E-state index in [0.29, 0.717) is 23.3 Å². The van der Waals surface area contributed by atoms with Crippen LogP contribution in [0.2, 0.25) is 0 Å². The molecular formula is C60H82O8. The Morgan fingerprint density at radius 3 is 1.71 bits per heavy atom. The quantitative estimate of drug-likeness (QED) is 0.292. The molecule has 0 bridgehead atoms. The molecule has 11 rings (SSSR count). The van der Waals surface area contributed by atoms with Gasteiger partial charge in [-0.1, -0.05) is 73.6 Å². The molecule has 0 amide bonds. The van der Waals surface area contributed by atoms with Crippen molar-refractivity contribution in [3.05, 3.63) is 52.1 Å². The van der Waals surface area contributed by atoms with E-state index in [-0.39, 0.29) is 67.1 Å². The van der Waals surface area contributed by atoms with Crippen molar-refractivity contribution in [2.75, 3.05) is 14.2 Å². The maximum atomic E-state index is 14.9. The zero-order valence-electron chi connectivity index (χ0n) is 44.1. The van der Waals surface area contributed by atoms with Gasteiger partial charge in [0.05, 0.1) is 25.0 Å². The van der Waals surface area contributed by atoms with Crippen LogP contribution in [0.5, 0.6) is 11.5 Å². The largest absolute Gasteiger partial charge is 0.471 e. The zero-order valence-corrected chi connectivity index (χ0v) is 44.1. The summed E-state index contributed by atoms with van der Waals surface area (Å²) in [4.78, 5) is 41.6. The number of benzene rings is 1. The van der Waals surface area contributed by atoms with Crippen molar-refractivity contribution >= 4 is 23.8 Å². The van der Waals surface area contributed by atoms with Gasteiger partial charge >= 0.3 is 17.7 Å². The summed E-state index contributed by atoms with van der Waals surface area (Å²) < 4.78 is 25.0. The maximum absolute atomic E-state index is 14.9. The van der Waals surface area contributed by atoms with E-state index in [1.54, 1.807) is 13.2 Å². The molecule has 1 aromatic carbocycles. The minimum absolute atomic E-state index is 0.0114. The Hall–Kier alpha value is -3.39. The summed E-state index contributed by atoms with van der Waals surface area (Å²) in [5.74, 6) is -0.504. The normalized spacial score (nSPS) is 51.5. The first kappa shape index (κ1) is 47.0. The molecule has 16 atom stereocenters. The van der Waals surface area contributed by atoms with Crippen molar-refractivity contribution in [1.29, 1.82) is 0 Å². The molecule has 6 saturated carbocycles. The van der Waals surface area contributed by atoms with Gasteiger partial charge in [0.25, 0.3) is 0 Å². The minimum Gasteiger partial charge on any atom is -0.471 e. The third-order valence-electron chi connectivity index (χ3n) is 25.1. The second-order valence-electron chi connectivity index (χ2n) is 27.8. The molecule has 0 spiro atoms. The zero-order chi connectivity index (χ0) is 49.1. The summed E-state index contributed by atoms with van der Waals surface area (Å²) in [5, 5.41) is 12.8. The van der Waals surface area contributed by atoms with E-state index < -0.39 is 28.0 Å². The van der Waals surface area contributed by atoms with Gasteiger partial charge in [-0.3, -0.25) is 14.4 Å². The molecule has 9 aliphatic carbocycles. The number of fused-ring (bicyclic) bond motifs is 17. The Morgan fingerprint density at radius 1 is 0.632 bits per heavy atom. The predicted molar refractivity (Wildman–Crippen MR) is 264 cm³/mol. The van der Waals surface area contributed by atoms with Crippen LogP contribution in [0.1, 0.15) is 189 Å². The van der Waals surface area contributed by atoms with Crippen LogP contribution in [-0.4, -0.2) is 48.4 Å². The van der Waals surface area contributed by atoms with E-state index in [1.165, 1.54) is 12.7 Å². The maximum Gasteiger partial charge on any atom is 0.317 e. The lowest BCUT2D eigenvalue weighted by Crippen LogP contribution is -2.71. The number of hydrogen-bond acceptors (Lipinski definition) is 8. The van der Waals surface area contributed by atoms with Crippen molar-refractivity contribution in [3.63, 3.8) is 0 Å². The number of carbonyl (C=O) groups is 3. The standard InChI is InChI=1S/C60H82O8/c1-35-36-15-17-41-53(6,25-29-57(10)43-33-51(4,47(62)65-13)21-19-49(43,2)23-27-55(41,57)8)38(36)31-40-46(35)68-60(64)45(61)32-39-37(59(60,12)67-40)16-18-42-54(39,7)26-30-58(11)44-34-52(5,48(63)66-14)22-20-50(44,3)24-28-56(42,58)9/h15-17,31-32,41-44,64H,18-30,33-34H2,1-14H3/t41-,42-,43+,44+,49+,50+,51+,52+,53-,54-,55+,56+,57-,58-,59+,60-/m0/s1. The van der Waals surface area contributed by atoms with Gasteiger partial charge in [0, 0.05) is 16.6 Å². The molecule has 8 heteroatoms. The molecule has 1 aliphatic heterocycles. The first-order chi connectivity index (χ1) is 31.6. The van der Waals surface area contributed by atoms with Crippen LogP contribution in [0, 0.1) is 79.3 Å². The van der Waals surface area contributed by atoms with Crippen LogP contribution in [0.3, 0.4) is 0 Å². The van der Waals surface area contributed by atoms with Crippen molar-refractivity contribution in [2.24, 2.45) is 72.4 Å². The molecule has 0 aromatic heterocycles. The fraction of sp³-hybridized carbons (Fsp3) is 0.750. The summed E-state index contributed by atoms with van der Waals surface area (Å²) in [5.41, 5.74) is 2.45. The van der Waals surface area contributed by atoms with Gasteiger partial charge in [-0.2, -0.15) is 0 Å². The smallest absolute Gasteiger partial charge is 0.317 e. The molecule has 8 nitrogen and oxygen atoms in total. The number of hydrogen-bond donors (Lipinski definition) is 1. The highest BCUT2D eigenvalue weighted by molar-refractivity contribution is 6.02. The van der Waals surface area contributed by atoms with E-state index in [4.69, 9.17) is 18.9 Å². The molecule has 370 valence electrons. The van der Waals surface area contributed by atoms with Crippen molar-refractivity contribution in [2.45, 2.75) is 196 Å². The van der Waals surface area contributed by atoms with Crippen molar-refractivity contribution in [3.8, 4) is 11.5 Å². The second-order valence-corrected chi connectivity index (χ2v) is 27.8. The molecule has 0 radical (unpaired) electrons. The lowest BCUT2D eigenvalue weighted by molar-refractivity contribution is -0.236. The lowest BCUT2D eigenvalue weighted by Gasteiger charge is -2.72. The van der Waals surface area contributed by atoms with E-state index >= 15 is 0 Å². The summed E-state index contributed by atoms with van der Waals surface area (Å²) in [7, 11) is 3.08. The molecule has 1 heterocycles. The molecule has 0 unspecified atom stereocenters. The Balaban J connectivity index is 0.946. The average Bonchev–Trinajstić information content (AvgIpc) is 3.29. The highest BCUT2D eigenvalue weighted by atomic mass is 16.7. The summed E-state index contributed by atoms with van der Waals surface area (Å²) in [6.45, 7) is 28.2. The highest BCUT2D eigenvalue weighted by Gasteiger charge is 2.73. The fourth-order valence-electron chi connectivity index (χ4n) is 19.8. The number of allylic oxidation sites excluding steroid dienone is 2. The van der Waals surface area contributed by atoms with Crippen molar-refractivity contribution < 1.29 is 38.4 Å². The number of ether oxygens (including phenoxy) is 4. The monoisotopic (exact) mass is 931 g/mol. The highest BCUT2D eigenvalue weighted by Crippen LogP contribution is 2.78. The van der Waals surface area contributed by atoms with Crippen LogP contribution in [0.15, 0.2) is 35.4 Å². The van der Waals surface area contributed by atoms with E-state index in [0.717, 1.165) is 119 Å². The van der Waals surface area contributed by atoms with Crippen LogP contribution in [0.4, 0.5) is 0 Å². The van der Waals surface area contributed by atoms with Crippen LogP contribution in [0.25, 0.3) is 6.08 Å². The number of esters is 2. The fourth-order valence-corrected chi connectivity index (χ4v) is 19.8. The van der Waals surface area contributed by atoms with Crippen LogP contribution < -0.4 is 9.47 Å². The van der Waals surface area contributed by atoms with E-state index in [1.807, 2.05) is 6.92 Å². The summed E-state index contributed by atoms with van der Waals surface area (Å²) in [6, 6.07) is 2.22. The molecule has 1 N–H and O–H groups in total. The number of rotatable bonds is 2. The third kappa shape index (κ3) is 5.31. The Kier molecular flexibility index (Phi) is 9.50. The van der Waals surface area contributed by atoms with Crippen LogP contribution >= 0.6 is 0 Å². The SMILES string of the molecule is COC(=O)[C@]1(C)CC[C@]2(C)CC[C@]3(C)[C@H]4CC=C5C(=CC(=O)[C@]6(O)Oc7c(cc8c(c7C)C=C[C@H]7[C@@]8(C)CC[C@@]8(C)[C@@H]9C[C@](C)(C(=O)OC)CC[C@]9(C)CC[C@]78C)O[C@]56C)[C@]4(C)CC[C@@]3(C)[C@@H]2C1. The van der Waals surface area contributed by atoms with Gasteiger partial charge in [0.15, 0.2) is 11.5 Å². The molecule has 10 aliphatic rings. The summed E-state index contributed by atoms with van der Waals surface area (Å²) in [6.07, 6.45) is 23.6. The third-order valence-corrected chi connectivity index (χ3v) is 25.1. The number of aliphatic hydroxyl groups is 1. The van der Waals surface area contributed by atoms with Crippen molar-refractivity contribution in [1.82, 2.24) is 0 Å². The molecular weight excluding hydrogens is 849 g/mol. The number of carbonyl (C=O) groups excluding carboxylic acids is 3. The van der Waals surface area contributed by atoms with Crippen LogP contribution in [-0.2, 0) is 29.3 Å². The Labute approximate surface area is 407 Å². The topological polar surface area (TPSA) is 108 Å². The number of methoxy groups -OCH3 is 2. The minimum atomic E-state index is -2.24. The average molecular weight is 931 g/mol. The first-order valence-electron chi connectivity index (χ1n) is 26.7. The molecule has 6 fully saturated rings. The van der Waals surface area contributed by atoms with Gasteiger partial charge in [0.2, 0.25) is 11.4 Å².